The minimum atomic E-state index is -0.187. The summed E-state index contributed by atoms with van der Waals surface area (Å²) < 4.78 is 5.56. The van der Waals surface area contributed by atoms with E-state index in [1.54, 1.807) is 13.2 Å². The van der Waals surface area contributed by atoms with Crippen LogP contribution in [0.15, 0.2) is 66.7 Å². The maximum absolute atomic E-state index is 13.4. The molecule has 0 aliphatic carbocycles. The van der Waals surface area contributed by atoms with Crippen LogP contribution in [0.2, 0.25) is 0 Å². The van der Waals surface area contributed by atoms with Crippen molar-refractivity contribution >= 4 is 28.9 Å². The number of hydrogen-bond acceptors (Lipinski definition) is 5. The maximum atomic E-state index is 13.4. The van der Waals surface area contributed by atoms with E-state index in [1.165, 1.54) is 5.56 Å². The second-order valence-corrected chi connectivity index (χ2v) is 10.4. The van der Waals surface area contributed by atoms with Crippen LogP contribution in [0.1, 0.15) is 66.3 Å². The Kier molecular flexibility index (Phi) is 10.1. The van der Waals surface area contributed by atoms with E-state index in [-0.39, 0.29) is 17.9 Å². The fourth-order valence-electron chi connectivity index (χ4n) is 4.96. The average Bonchev–Trinajstić information content (AvgIpc) is 3.00. The number of rotatable bonds is 11. The zero-order valence-corrected chi connectivity index (χ0v) is 24.2. The van der Waals surface area contributed by atoms with Crippen LogP contribution in [-0.2, 0) is 6.42 Å². The number of methoxy groups -OCH3 is 1. The number of piperazine rings is 1. The molecule has 212 valence electrons. The molecule has 7 nitrogen and oxygen atoms in total. The van der Waals surface area contributed by atoms with E-state index in [0.717, 1.165) is 69.0 Å². The van der Waals surface area contributed by atoms with Crippen LogP contribution in [0.4, 0.5) is 17.1 Å². The van der Waals surface area contributed by atoms with Gasteiger partial charge in [-0.2, -0.15) is 0 Å². The molecule has 1 fully saturated rings. The summed E-state index contributed by atoms with van der Waals surface area (Å²) in [4.78, 5) is 31.0. The first-order valence-electron chi connectivity index (χ1n) is 14.4. The lowest BCUT2D eigenvalue weighted by atomic mass is 10.1. The number of ether oxygens (including phenoxy) is 1. The van der Waals surface area contributed by atoms with Gasteiger partial charge in [-0.3, -0.25) is 9.59 Å². The Morgan fingerprint density at radius 1 is 0.875 bits per heavy atom. The molecule has 0 radical (unpaired) electrons. The highest BCUT2D eigenvalue weighted by Gasteiger charge is 2.24. The van der Waals surface area contributed by atoms with Crippen molar-refractivity contribution < 1.29 is 14.3 Å². The van der Waals surface area contributed by atoms with Gasteiger partial charge in [0.05, 0.1) is 18.4 Å². The first kappa shape index (κ1) is 29.0. The highest BCUT2D eigenvalue weighted by atomic mass is 16.5. The minimum Gasteiger partial charge on any atom is -0.495 e. The Balaban J connectivity index is 1.51. The molecule has 3 aromatic rings. The molecular formula is C33H42N4O3. The molecule has 0 spiro atoms. The van der Waals surface area contributed by atoms with Crippen molar-refractivity contribution in [3.05, 3.63) is 83.4 Å². The van der Waals surface area contributed by atoms with E-state index < -0.39 is 0 Å². The van der Waals surface area contributed by atoms with Gasteiger partial charge < -0.3 is 25.2 Å². The van der Waals surface area contributed by atoms with E-state index >= 15 is 0 Å². The standard InChI is InChI=1S/C33H42N4O3/c1-5-7-10-25-13-15-26(16-14-25)32(38)35-27-17-18-29(28(23-27)33(39)34-24(3)6-2)36-19-21-37(22-20-36)30-11-8-9-12-31(30)40-4/h8-9,11-18,23-24H,5-7,10,19-22H2,1-4H3,(H,34,39)(H,35,38). The van der Waals surface area contributed by atoms with Crippen molar-refractivity contribution in [2.45, 2.75) is 52.5 Å². The van der Waals surface area contributed by atoms with Crippen molar-refractivity contribution in [1.29, 1.82) is 0 Å². The van der Waals surface area contributed by atoms with Crippen LogP contribution in [0, 0.1) is 0 Å². The van der Waals surface area contributed by atoms with Crippen LogP contribution in [0.3, 0.4) is 0 Å². The molecule has 1 aliphatic rings. The smallest absolute Gasteiger partial charge is 0.255 e. The van der Waals surface area contributed by atoms with Gasteiger partial charge in [0.1, 0.15) is 5.75 Å². The number of amides is 2. The molecule has 1 atom stereocenters. The summed E-state index contributed by atoms with van der Waals surface area (Å²) in [6.07, 6.45) is 4.13. The van der Waals surface area contributed by atoms with Gasteiger partial charge in [-0.05, 0) is 74.2 Å². The molecule has 1 saturated heterocycles. The summed E-state index contributed by atoms with van der Waals surface area (Å²) in [6, 6.07) is 21.5. The number of hydrogen-bond donors (Lipinski definition) is 2. The molecular weight excluding hydrogens is 500 g/mol. The summed E-state index contributed by atoms with van der Waals surface area (Å²) in [6.45, 7) is 9.35. The molecule has 1 heterocycles. The molecule has 0 bridgehead atoms. The number of carbonyl (C=O) groups is 2. The third-order valence-electron chi connectivity index (χ3n) is 7.57. The average molecular weight is 543 g/mol. The number of aryl methyl sites for hydroxylation is 1. The third-order valence-corrected chi connectivity index (χ3v) is 7.57. The second kappa shape index (κ2) is 13.9. The molecule has 3 aromatic carbocycles. The maximum Gasteiger partial charge on any atom is 0.255 e. The van der Waals surface area contributed by atoms with E-state index in [0.29, 0.717) is 16.8 Å². The van der Waals surface area contributed by atoms with Gasteiger partial charge in [-0.25, -0.2) is 0 Å². The topological polar surface area (TPSA) is 73.9 Å². The van der Waals surface area contributed by atoms with Crippen molar-refractivity contribution in [2.24, 2.45) is 0 Å². The van der Waals surface area contributed by atoms with E-state index in [4.69, 9.17) is 4.74 Å². The molecule has 2 amide bonds. The lowest BCUT2D eigenvalue weighted by Gasteiger charge is -2.38. The Hall–Kier alpha value is -4.00. The fourth-order valence-corrected chi connectivity index (χ4v) is 4.96. The van der Waals surface area contributed by atoms with Gasteiger partial charge in [-0.15, -0.1) is 0 Å². The number of unbranched alkanes of at least 4 members (excludes halogenated alkanes) is 1. The number of nitrogens with one attached hydrogen (secondary N) is 2. The van der Waals surface area contributed by atoms with Gasteiger partial charge in [0, 0.05) is 49.2 Å². The molecule has 1 aliphatic heterocycles. The number of para-hydroxylation sites is 2. The zero-order valence-electron chi connectivity index (χ0n) is 24.2. The SMILES string of the molecule is CCCCc1ccc(C(=O)Nc2ccc(N3CCN(c4ccccc4OC)CC3)c(C(=O)NC(C)CC)c2)cc1. The van der Waals surface area contributed by atoms with E-state index in [1.807, 2.05) is 68.4 Å². The van der Waals surface area contributed by atoms with Crippen molar-refractivity contribution in [3.63, 3.8) is 0 Å². The van der Waals surface area contributed by atoms with Crippen molar-refractivity contribution in [1.82, 2.24) is 5.32 Å². The number of benzene rings is 3. The normalized spacial score (nSPS) is 14.0. The molecule has 1 unspecified atom stereocenters. The van der Waals surface area contributed by atoms with Gasteiger partial charge in [-0.1, -0.05) is 44.5 Å². The molecule has 4 rings (SSSR count). The summed E-state index contributed by atoms with van der Waals surface area (Å²) in [5.41, 5.74) is 4.96. The van der Waals surface area contributed by atoms with Crippen LogP contribution < -0.4 is 25.2 Å². The molecule has 40 heavy (non-hydrogen) atoms. The quantitative estimate of drug-likeness (QED) is 0.304. The predicted molar refractivity (Wildman–Crippen MR) is 164 cm³/mol. The van der Waals surface area contributed by atoms with Crippen LogP contribution >= 0.6 is 0 Å². The van der Waals surface area contributed by atoms with Crippen molar-refractivity contribution in [3.8, 4) is 5.75 Å². The predicted octanol–water partition coefficient (Wildman–Crippen LogP) is 6.15. The molecule has 0 aromatic heterocycles. The monoisotopic (exact) mass is 542 g/mol. The fraction of sp³-hybridized carbons (Fsp3) is 0.394. The van der Waals surface area contributed by atoms with Crippen LogP contribution in [0.25, 0.3) is 0 Å². The summed E-state index contributed by atoms with van der Waals surface area (Å²) in [5, 5.41) is 6.10. The number of carbonyl (C=O) groups excluding carboxylic acids is 2. The Morgan fingerprint density at radius 2 is 1.55 bits per heavy atom. The van der Waals surface area contributed by atoms with Gasteiger partial charge >= 0.3 is 0 Å². The number of nitrogens with zero attached hydrogens (tertiary/aromatic N) is 2. The van der Waals surface area contributed by atoms with Crippen LogP contribution in [0.5, 0.6) is 5.75 Å². The van der Waals surface area contributed by atoms with E-state index in [2.05, 4.69) is 33.4 Å². The van der Waals surface area contributed by atoms with Crippen LogP contribution in [-0.4, -0.2) is 51.1 Å². The molecule has 2 N–H and O–H groups in total. The first-order valence-corrected chi connectivity index (χ1v) is 14.4. The second-order valence-electron chi connectivity index (χ2n) is 10.4. The van der Waals surface area contributed by atoms with Crippen molar-refractivity contribution in [2.75, 3.05) is 48.4 Å². The Bertz CT molecular complexity index is 1280. The van der Waals surface area contributed by atoms with E-state index in [9.17, 15) is 9.59 Å². The van der Waals surface area contributed by atoms with Gasteiger partial charge in [0.2, 0.25) is 0 Å². The Morgan fingerprint density at radius 3 is 2.20 bits per heavy atom. The summed E-state index contributed by atoms with van der Waals surface area (Å²) in [7, 11) is 1.69. The summed E-state index contributed by atoms with van der Waals surface area (Å²) in [5.74, 6) is 0.543. The minimum absolute atomic E-state index is 0.0483. The highest BCUT2D eigenvalue weighted by molar-refractivity contribution is 6.06. The zero-order chi connectivity index (χ0) is 28.5. The number of anilines is 3. The lowest BCUT2D eigenvalue weighted by molar-refractivity contribution is 0.0938. The molecule has 0 saturated carbocycles. The summed E-state index contributed by atoms with van der Waals surface area (Å²) >= 11 is 0. The Labute approximate surface area is 238 Å². The third kappa shape index (κ3) is 7.14. The van der Waals surface area contributed by atoms with Gasteiger partial charge in [0.25, 0.3) is 11.8 Å². The molecule has 7 heteroatoms. The van der Waals surface area contributed by atoms with Gasteiger partial charge in [0.15, 0.2) is 0 Å². The largest absolute Gasteiger partial charge is 0.495 e. The highest BCUT2D eigenvalue weighted by Crippen LogP contribution is 2.31. The first-order chi connectivity index (χ1) is 19.4. The lowest BCUT2D eigenvalue weighted by Crippen LogP contribution is -2.47.